The molecule has 0 saturated carbocycles. The van der Waals surface area contributed by atoms with Crippen molar-refractivity contribution in [2.24, 2.45) is 0 Å². The number of aliphatic hydroxyl groups is 4. The van der Waals surface area contributed by atoms with E-state index in [2.05, 4.69) is 0 Å². The van der Waals surface area contributed by atoms with Crippen LogP contribution in [0.25, 0.3) is 0 Å². The number of nitriles is 1. The highest BCUT2D eigenvalue weighted by molar-refractivity contribution is 5.81. The minimum atomic E-state index is -1.81. The van der Waals surface area contributed by atoms with Crippen LogP contribution in [0, 0.1) is 11.3 Å². The second-order valence-electron chi connectivity index (χ2n) is 5.02. The van der Waals surface area contributed by atoms with E-state index in [-0.39, 0.29) is 5.57 Å². The zero-order valence-electron chi connectivity index (χ0n) is 12.7. The molecule has 138 valence electrons. The molecule has 0 aromatic heterocycles. The van der Waals surface area contributed by atoms with E-state index in [1.54, 1.807) is 0 Å². The zero-order valence-corrected chi connectivity index (χ0v) is 12.7. The lowest BCUT2D eigenvalue weighted by Gasteiger charge is -2.39. The predicted octanol–water partition coefficient (Wildman–Crippen LogP) is -2.30. The van der Waals surface area contributed by atoms with E-state index in [1.807, 2.05) is 0 Å². The Kier molecular flexibility index (Phi) is 7.49. The fraction of sp³-hybridized carbons (Fsp3) is 0.500. The molecule has 5 atom stereocenters. The van der Waals surface area contributed by atoms with Crippen molar-refractivity contribution in [1.82, 2.24) is 0 Å². The quantitative estimate of drug-likeness (QED) is 0.124. The van der Waals surface area contributed by atoms with E-state index in [9.17, 15) is 24.9 Å². The Labute approximate surface area is 141 Å². The van der Waals surface area contributed by atoms with Crippen molar-refractivity contribution >= 4 is 11.9 Å². The maximum absolute atomic E-state index is 10.9. The standard InChI is InChI=1S/C14H17NO10/c15-4-7(6(3-10(19)20)1-2-9(17)18)24-14-13(23)12(22)11(21)8(5-16)25-14/h1-2,8,11-14,16,21-23H,3,5H2,(H,17,18)(H,19,20)/b2-1+,7-6-. The van der Waals surface area contributed by atoms with Gasteiger partial charge in [0.05, 0.1) is 13.0 Å². The first kappa shape index (κ1) is 20.6. The average molecular weight is 359 g/mol. The van der Waals surface area contributed by atoms with Crippen LogP contribution in [-0.2, 0) is 19.1 Å². The van der Waals surface area contributed by atoms with E-state index < -0.39 is 61.4 Å². The van der Waals surface area contributed by atoms with Gasteiger partial charge in [-0.1, -0.05) is 0 Å². The molecule has 0 spiro atoms. The number of rotatable bonds is 7. The molecule has 1 heterocycles. The molecule has 1 fully saturated rings. The first-order chi connectivity index (χ1) is 11.7. The number of hydrogen-bond donors (Lipinski definition) is 6. The summed E-state index contributed by atoms with van der Waals surface area (Å²) in [5.74, 6) is -3.44. The Morgan fingerprint density at radius 3 is 2.24 bits per heavy atom. The van der Waals surface area contributed by atoms with Crippen molar-refractivity contribution in [3.63, 3.8) is 0 Å². The smallest absolute Gasteiger partial charge is 0.328 e. The molecule has 11 nitrogen and oxygen atoms in total. The molecule has 0 aromatic rings. The molecule has 1 rings (SSSR count). The molecular formula is C14H17NO10. The topological polar surface area (TPSA) is 198 Å². The van der Waals surface area contributed by atoms with Gasteiger partial charge in [0, 0.05) is 11.6 Å². The third-order valence-electron chi connectivity index (χ3n) is 3.24. The number of nitrogens with zero attached hydrogens (tertiary/aromatic N) is 1. The number of allylic oxidation sites excluding steroid dienone is 2. The van der Waals surface area contributed by atoms with Crippen LogP contribution in [0.3, 0.4) is 0 Å². The molecule has 1 aliphatic rings. The van der Waals surface area contributed by atoms with E-state index in [0.717, 1.165) is 6.08 Å². The van der Waals surface area contributed by atoms with Gasteiger partial charge in [-0.3, -0.25) is 4.79 Å². The highest BCUT2D eigenvalue weighted by Crippen LogP contribution is 2.25. The fourth-order valence-corrected chi connectivity index (χ4v) is 2.00. The van der Waals surface area contributed by atoms with E-state index in [0.29, 0.717) is 6.08 Å². The van der Waals surface area contributed by atoms with E-state index in [1.165, 1.54) is 6.07 Å². The molecule has 1 aliphatic heterocycles. The third-order valence-corrected chi connectivity index (χ3v) is 3.24. The molecule has 0 bridgehead atoms. The normalized spacial score (nSPS) is 30.4. The first-order valence-electron chi connectivity index (χ1n) is 6.94. The van der Waals surface area contributed by atoms with Crippen molar-refractivity contribution in [1.29, 1.82) is 5.26 Å². The Hall–Kier alpha value is -2.49. The summed E-state index contributed by atoms with van der Waals surface area (Å²) in [5, 5.41) is 64.8. The summed E-state index contributed by atoms with van der Waals surface area (Å²) in [5.41, 5.74) is -0.325. The van der Waals surface area contributed by atoms with Gasteiger partial charge in [-0.15, -0.1) is 0 Å². The highest BCUT2D eigenvalue weighted by Gasteiger charge is 2.45. The monoisotopic (exact) mass is 359 g/mol. The second kappa shape index (κ2) is 9.11. The van der Waals surface area contributed by atoms with Gasteiger partial charge in [0.1, 0.15) is 30.5 Å². The molecular weight excluding hydrogens is 342 g/mol. The van der Waals surface area contributed by atoms with Crippen molar-refractivity contribution in [3.8, 4) is 6.07 Å². The van der Waals surface area contributed by atoms with Gasteiger partial charge in [-0.25, -0.2) is 4.79 Å². The Bertz CT molecular complexity index is 605. The lowest BCUT2D eigenvalue weighted by Crippen LogP contribution is -2.59. The molecule has 0 aliphatic carbocycles. The fourth-order valence-electron chi connectivity index (χ4n) is 2.00. The van der Waals surface area contributed by atoms with Crippen molar-refractivity contribution in [2.45, 2.75) is 37.1 Å². The van der Waals surface area contributed by atoms with Crippen LogP contribution in [0.15, 0.2) is 23.5 Å². The van der Waals surface area contributed by atoms with Crippen LogP contribution in [-0.4, -0.2) is 79.9 Å². The SMILES string of the molecule is N#C/C(OC1OC(CO)C(O)C(O)C1O)=C(\C=C\C(=O)O)CC(=O)O. The number of carboxylic acids is 2. The Balaban J connectivity index is 3.12. The molecule has 1 saturated heterocycles. The Morgan fingerprint density at radius 2 is 1.76 bits per heavy atom. The number of ether oxygens (including phenoxy) is 2. The van der Waals surface area contributed by atoms with E-state index in [4.69, 9.17) is 30.1 Å². The zero-order chi connectivity index (χ0) is 19.1. The van der Waals surface area contributed by atoms with Crippen LogP contribution >= 0.6 is 0 Å². The highest BCUT2D eigenvalue weighted by atomic mass is 16.7. The Morgan fingerprint density at radius 1 is 1.12 bits per heavy atom. The first-order valence-corrected chi connectivity index (χ1v) is 6.94. The summed E-state index contributed by atoms with van der Waals surface area (Å²) in [4.78, 5) is 21.4. The molecule has 5 unspecified atom stereocenters. The van der Waals surface area contributed by atoms with Crippen molar-refractivity contribution < 1.29 is 49.7 Å². The van der Waals surface area contributed by atoms with Crippen LogP contribution in [0.4, 0.5) is 0 Å². The van der Waals surface area contributed by atoms with Gasteiger partial charge in [0.15, 0.2) is 0 Å². The van der Waals surface area contributed by atoms with Gasteiger partial charge >= 0.3 is 11.9 Å². The van der Waals surface area contributed by atoms with Gasteiger partial charge in [-0.2, -0.15) is 5.26 Å². The number of hydrogen-bond acceptors (Lipinski definition) is 9. The molecule has 6 N–H and O–H groups in total. The summed E-state index contributed by atoms with van der Waals surface area (Å²) in [6, 6.07) is 1.51. The number of carboxylic acid groups (broad SMARTS) is 2. The minimum absolute atomic E-state index is 0.325. The molecule has 0 aromatic carbocycles. The van der Waals surface area contributed by atoms with Crippen LogP contribution < -0.4 is 0 Å². The predicted molar refractivity (Wildman–Crippen MR) is 76.5 cm³/mol. The van der Waals surface area contributed by atoms with Crippen LogP contribution in [0.1, 0.15) is 6.42 Å². The van der Waals surface area contributed by atoms with Gasteiger partial charge in [0.25, 0.3) is 0 Å². The molecule has 0 radical (unpaired) electrons. The maximum atomic E-state index is 10.9. The summed E-state index contributed by atoms with van der Waals surface area (Å²) < 4.78 is 10.1. The largest absolute Gasteiger partial charge is 0.481 e. The van der Waals surface area contributed by atoms with Crippen LogP contribution in [0.2, 0.25) is 0 Å². The summed E-state index contributed by atoms with van der Waals surface area (Å²) in [6.45, 7) is -0.725. The van der Waals surface area contributed by atoms with Crippen LogP contribution in [0.5, 0.6) is 0 Å². The number of aliphatic hydroxyl groups excluding tert-OH is 4. The lowest BCUT2D eigenvalue weighted by molar-refractivity contribution is -0.290. The van der Waals surface area contributed by atoms with E-state index >= 15 is 0 Å². The van der Waals surface area contributed by atoms with Crippen molar-refractivity contribution in [3.05, 3.63) is 23.5 Å². The number of carbonyl (C=O) groups is 2. The summed E-state index contributed by atoms with van der Waals surface area (Å²) in [7, 11) is 0. The van der Waals surface area contributed by atoms with Gasteiger partial charge in [0.2, 0.25) is 12.0 Å². The second-order valence-corrected chi connectivity index (χ2v) is 5.02. The van der Waals surface area contributed by atoms with Gasteiger partial charge in [-0.05, 0) is 6.08 Å². The van der Waals surface area contributed by atoms with Gasteiger partial charge < -0.3 is 40.1 Å². The maximum Gasteiger partial charge on any atom is 0.328 e. The average Bonchev–Trinajstić information content (AvgIpc) is 2.55. The molecule has 11 heteroatoms. The third kappa shape index (κ3) is 5.52. The molecule has 25 heavy (non-hydrogen) atoms. The van der Waals surface area contributed by atoms with Crippen molar-refractivity contribution in [2.75, 3.05) is 6.61 Å². The minimum Gasteiger partial charge on any atom is -0.481 e. The summed E-state index contributed by atoms with van der Waals surface area (Å²) in [6.07, 6.45) is -7.54. The number of aliphatic carboxylic acids is 2. The molecule has 0 amide bonds. The summed E-state index contributed by atoms with van der Waals surface area (Å²) >= 11 is 0. The lowest BCUT2D eigenvalue weighted by atomic mass is 9.99.